The van der Waals surface area contributed by atoms with E-state index < -0.39 is 0 Å². The Morgan fingerprint density at radius 1 is 1.06 bits per heavy atom. The van der Waals surface area contributed by atoms with Crippen molar-refractivity contribution in [1.82, 2.24) is 4.98 Å². The molecule has 17 heavy (non-hydrogen) atoms. The molecule has 0 aliphatic heterocycles. The summed E-state index contributed by atoms with van der Waals surface area (Å²) in [4.78, 5) is 4.35. The van der Waals surface area contributed by atoms with Crippen molar-refractivity contribution >= 4 is 12.2 Å². The van der Waals surface area contributed by atoms with Gasteiger partial charge in [-0.2, -0.15) is 0 Å². The minimum atomic E-state index is 0.285. The van der Waals surface area contributed by atoms with Crippen LogP contribution in [0.2, 0.25) is 0 Å². The van der Waals surface area contributed by atoms with E-state index in [-0.39, 0.29) is 5.75 Å². The first kappa shape index (κ1) is 11.4. The lowest BCUT2D eigenvalue weighted by molar-refractivity contribution is 0.475. The number of benzene rings is 1. The van der Waals surface area contributed by atoms with Crippen LogP contribution in [0.15, 0.2) is 42.6 Å². The van der Waals surface area contributed by atoms with Crippen LogP contribution < -0.4 is 0 Å². The molecule has 0 aliphatic rings. The molecule has 0 amide bonds. The van der Waals surface area contributed by atoms with Gasteiger partial charge in [-0.1, -0.05) is 31.2 Å². The predicted octanol–water partition coefficient (Wildman–Crippen LogP) is 3.52. The van der Waals surface area contributed by atoms with Crippen molar-refractivity contribution in [3.8, 4) is 5.75 Å². The van der Waals surface area contributed by atoms with Gasteiger partial charge in [0.2, 0.25) is 0 Å². The Hall–Kier alpha value is -2.09. The van der Waals surface area contributed by atoms with Crippen molar-refractivity contribution in [2.45, 2.75) is 13.3 Å². The molecule has 2 heteroatoms. The van der Waals surface area contributed by atoms with Crippen molar-refractivity contribution in [2.75, 3.05) is 0 Å². The van der Waals surface area contributed by atoms with Gasteiger partial charge in [0.15, 0.2) is 0 Å². The third-order valence-electron chi connectivity index (χ3n) is 2.60. The number of aromatic nitrogens is 1. The summed E-state index contributed by atoms with van der Waals surface area (Å²) in [6.45, 7) is 2.11. The Balaban J connectivity index is 2.11. The van der Waals surface area contributed by atoms with Crippen LogP contribution in [0.1, 0.15) is 23.7 Å². The molecule has 0 saturated carbocycles. The molecule has 2 rings (SSSR count). The second kappa shape index (κ2) is 5.30. The van der Waals surface area contributed by atoms with E-state index >= 15 is 0 Å². The fourth-order valence-electron chi connectivity index (χ4n) is 1.51. The van der Waals surface area contributed by atoms with Crippen LogP contribution in [0.25, 0.3) is 12.2 Å². The lowest BCUT2D eigenvalue weighted by atomic mass is 10.1. The molecule has 0 bridgehead atoms. The van der Waals surface area contributed by atoms with Crippen LogP contribution in [0, 0.1) is 0 Å². The fourth-order valence-corrected chi connectivity index (χ4v) is 1.51. The van der Waals surface area contributed by atoms with E-state index in [2.05, 4.69) is 18.0 Å². The zero-order valence-electron chi connectivity index (χ0n) is 9.80. The number of nitrogens with zero attached hydrogens (tertiary/aromatic N) is 1. The summed E-state index contributed by atoms with van der Waals surface area (Å²) in [6, 6.07) is 11.2. The number of phenols is 1. The normalized spacial score (nSPS) is 10.9. The van der Waals surface area contributed by atoms with E-state index in [4.69, 9.17) is 5.11 Å². The second-order valence-electron chi connectivity index (χ2n) is 3.87. The molecule has 0 radical (unpaired) electrons. The maximum atomic E-state index is 9.16. The van der Waals surface area contributed by atoms with Crippen LogP contribution in [0.5, 0.6) is 5.75 Å². The van der Waals surface area contributed by atoms with E-state index in [0.717, 1.165) is 17.7 Å². The smallest absolute Gasteiger partial charge is 0.115 e. The Kier molecular flexibility index (Phi) is 3.55. The van der Waals surface area contributed by atoms with E-state index in [1.807, 2.05) is 36.5 Å². The first-order valence-electron chi connectivity index (χ1n) is 5.70. The van der Waals surface area contributed by atoms with Crippen molar-refractivity contribution in [3.63, 3.8) is 0 Å². The number of pyridine rings is 1. The molecule has 1 aromatic heterocycles. The molecule has 0 atom stereocenters. The number of rotatable bonds is 3. The number of hydrogen-bond donors (Lipinski definition) is 1. The van der Waals surface area contributed by atoms with Gasteiger partial charge in [-0.3, -0.25) is 4.98 Å². The largest absolute Gasteiger partial charge is 0.508 e. The average molecular weight is 225 g/mol. The summed E-state index contributed by atoms with van der Waals surface area (Å²) < 4.78 is 0. The minimum absolute atomic E-state index is 0.285. The Bertz CT molecular complexity index is 497. The lowest BCUT2D eigenvalue weighted by Gasteiger charge is -1.97. The van der Waals surface area contributed by atoms with Gasteiger partial charge in [0.1, 0.15) is 5.75 Å². The fraction of sp³-hybridized carbons (Fsp3) is 0.133. The summed E-state index contributed by atoms with van der Waals surface area (Å²) >= 11 is 0. The first-order chi connectivity index (χ1) is 8.28. The maximum absolute atomic E-state index is 9.16. The zero-order chi connectivity index (χ0) is 12.1. The van der Waals surface area contributed by atoms with Crippen molar-refractivity contribution in [2.24, 2.45) is 0 Å². The SMILES string of the molecule is CCc1ccc(C=Cc2ccc(O)cc2)nc1. The van der Waals surface area contributed by atoms with Crippen LogP contribution in [-0.4, -0.2) is 10.1 Å². The van der Waals surface area contributed by atoms with Crippen LogP contribution >= 0.6 is 0 Å². The zero-order valence-corrected chi connectivity index (χ0v) is 9.80. The monoisotopic (exact) mass is 225 g/mol. The lowest BCUT2D eigenvalue weighted by Crippen LogP contribution is -1.84. The summed E-state index contributed by atoms with van der Waals surface area (Å²) in [5.74, 6) is 0.285. The van der Waals surface area contributed by atoms with Crippen LogP contribution in [-0.2, 0) is 6.42 Å². The molecule has 86 valence electrons. The molecular formula is C15H15NO. The van der Waals surface area contributed by atoms with E-state index in [0.29, 0.717) is 0 Å². The van der Waals surface area contributed by atoms with Gasteiger partial charge in [0, 0.05) is 6.20 Å². The highest BCUT2D eigenvalue weighted by molar-refractivity contribution is 5.68. The van der Waals surface area contributed by atoms with Gasteiger partial charge in [-0.15, -0.1) is 0 Å². The standard InChI is InChI=1S/C15H15NO/c1-2-12-3-7-14(16-11-12)8-4-13-5-9-15(17)10-6-13/h3-11,17H,2H2,1H3. The Morgan fingerprint density at radius 3 is 2.41 bits per heavy atom. The van der Waals surface area contributed by atoms with Crippen molar-refractivity contribution < 1.29 is 5.11 Å². The molecule has 0 aliphatic carbocycles. The third kappa shape index (κ3) is 3.18. The van der Waals surface area contributed by atoms with Gasteiger partial charge in [-0.05, 0) is 41.8 Å². The molecule has 1 heterocycles. The molecular weight excluding hydrogens is 210 g/mol. The second-order valence-corrected chi connectivity index (χ2v) is 3.87. The van der Waals surface area contributed by atoms with Crippen molar-refractivity contribution in [3.05, 3.63) is 59.4 Å². The highest BCUT2D eigenvalue weighted by atomic mass is 16.3. The third-order valence-corrected chi connectivity index (χ3v) is 2.60. The first-order valence-corrected chi connectivity index (χ1v) is 5.70. The number of phenolic OH excluding ortho intramolecular Hbond substituents is 1. The number of aryl methyl sites for hydroxylation is 1. The molecule has 1 aromatic carbocycles. The highest BCUT2D eigenvalue weighted by Crippen LogP contribution is 2.12. The summed E-state index contributed by atoms with van der Waals surface area (Å²) in [5.41, 5.74) is 3.23. The molecule has 1 N–H and O–H groups in total. The summed E-state index contributed by atoms with van der Waals surface area (Å²) in [7, 11) is 0. The highest BCUT2D eigenvalue weighted by Gasteiger charge is 1.91. The van der Waals surface area contributed by atoms with Crippen molar-refractivity contribution in [1.29, 1.82) is 0 Å². The minimum Gasteiger partial charge on any atom is -0.508 e. The molecule has 0 spiro atoms. The van der Waals surface area contributed by atoms with E-state index in [9.17, 15) is 0 Å². The summed E-state index contributed by atoms with van der Waals surface area (Å²) in [5, 5.41) is 9.16. The van der Waals surface area contributed by atoms with E-state index in [1.54, 1.807) is 12.1 Å². The number of hydrogen-bond acceptors (Lipinski definition) is 2. The molecule has 0 saturated heterocycles. The molecule has 0 unspecified atom stereocenters. The molecule has 2 aromatic rings. The van der Waals surface area contributed by atoms with Gasteiger partial charge in [-0.25, -0.2) is 0 Å². The number of aromatic hydroxyl groups is 1. The molecule has 0 fully saturated rings. The van der Waals surface area contributed by atoms with Gasteiger partial charge < -0.3 is 5.11 Å². The quantitative estimate of drug-likeness (QED) is 0.867. The maximum Gasteiger partial charge on any atom is 0.115 e. The Morgan fingerprint density at radius 2 is 1.82 bits per heavy atom. The van der Waals surface area contributed by atoms with Crippen LogP contribution in [0.3, 0.4) is 0 Å². The Labute approximate surface area is 101 Å². The van der Waals surface area contributed by atoms with Crippen LogP contribution in [0.4, 0.5) is 0 Å². The summed E-state index contributed by atoms with van der Waals surface area (Å²) in [6.07, 6.45) is 6.85. The predicted molar refractivity (Wildman–Crippen MR) is 70.6 cm³/mol. The van der Waals surface area contributed by atoms with E-state index in [1.165, 1.54) is 5.56 Å². The van der Waals surface area contributed by atoms with Gasteiger partial charge in [0.25, 0.3) is 0 Å². The molecule has 2 nitrogen and oxygen atoms in total. The average Bonchev–Trinajstić information content (AvgIpc) is 2.39. The van der Waals surface area contributed by atoms with Gasteiger partial charge >= 0.3 is 0 Å². The van der Waals surface area contributed by atoms with Gasteiger partial charge in [0.05, 0.1) is 5.69 Å². The topological polar surface area (TPSA) is 33.1 Å².